The van der Waals surface area contributed by atoms with Gasteiger partial charge in [0.15, 0.2) is 6.61 Å². The van der Waals surface area contributed by atoms with Crippen LogP contribution in [0.3, 0.4) is 0 Å². The molecule has 1 N–H and O–H groups in total. The molecule has 0 saturated carbocycles. The van der Waals surface area contributed by atoms with E-state index in [1.165, 1.54) is 24.3 Å². The van der Waals surface area contributed by atoms with Crippen LogP contribution in [-0.4, -0.2) is 41.9 Å². The number of nitrogens with zero attached hydrogens (tertiary/aromatic N) is 1. The molecule has 0 radical (unpaired) electrons. The van der Waals surface area contributed by atoms with E-state index < -0.39 is 11.4 Å². The van der Waals surface area contributed by atoms with Crippen LogP contribution in [-0.2, 0) is 9.59 Å². The molecule has 2 aromatic rings. The quantitative estimate of drug-likeness (QED) is 0.834. The number of ether oxygens (including phenoxy) is 1. The first-order valence-electron chi connectivity index (χ1n) is 10.2. The highest BCUT2D eigenvalue weighted by atomic mass is 19.1. The normalized spacial score (nSPS) is 23.9. The van der Waals surface area contributed by atoms with E-state index in [9.17, 15) is 18.4 Å². The first-order valence-corrected chi connectivity index (χ1v) is 10.2. The predicted molar refractivity (Wildman–Crippen MR) is 107 cm³/mol. The van der Waals surface area contributed by atoms with Crippen LogP contribution < -0.4 is 10.1 Å². The number of amides is 2. The fourth-order valence-corrected chi connectivity index (χ4v) is 4.56. The standard InChI is InChI=1S/C23H24F2N2O3/c24-16-6-5-7-17(12-16)30-14-22(29)27-13-19(18-8-1-2-9-20(18)25)23(15-27)11-4-3-10-21(28)26-23/h1-2,5-9,12,19H,3-4,10-11,13-15H2,(H,26,28)/t19-,23+/m0/s1. The van der Waals surface area contributed by atoms with Crippen LogP contribution in [0.2, 0.25) is 0 Å². The van der Waals surface area contributed by atoms with Crippen molar-refractivity contribution in [2.24, 2.45) is 0 Å². The molecule has 2 atom stereocenters. The topological polar surface area (TPSA) is 58.6 Å². The average Bonchev–Trinajstić information content (AvgIpc) is 2.97. The molecule has 0 bridgehead atoms. The van der Waals surface area contributed by atoms with E-state index in [0.717, 1.165) is 12.8 Å². The van der Waals surface area contributed by atoms with E-state index in [0.29, 0.717) is 24.9 Å². The molecule has 1 spiro atoms. The maximum atomic E-state index is 14.6. The van der Waals surface area contributed by atoms with Gasteiger partial charge in [0.25, 0.3) is 5.91 Å². The number of benzene rings is 2. The Hall–Kier alpha value is -2.96. The minimum absolute atomic E-state index is 0.0702. The van der Waals surface area contributed by atoms with E-state index in [2.05, 4.69) is 5.32 Å². The summed E-state index contributed by atoms with van der Waals surface area (Å²) in [7, 11) is 0. The summed E-state index contributed by atoms with van der Waals surface area (Å²) in [5, 5.41) is 3.11. The molecule has 30 heavy (non-hydrogen) atoms. The van der Waals surface area contributed by atoms with Gasteiger partial charge in [-0.3, -0.25) is 9.59 Å². The number of carbonyl (C=O) groups is 2. The fourth-order valence-electron chi connectivity index (χ4n) is 4.56. The van der Waals surface area contributed by atoms with Crippen LogP contribution in [0.1, 0.15) is 37.2 Å². The van der Waals surface area contributed by atoms with Crippen LogP contribution in [0.4, 0.5) is 8.78 Å². The molecule has 0 aliphatic carbocycles. The molecule has 5 nitrogen and oxygen atoms in total. The molecule has 2 heterocycles. The molecule has 2 aliphatic rings. The van der Waals surface area contributed by atoms with Crippen LogP contribution in [0.5, 0.6) is 5.75 Å². The summed E-state index contributed by atoms with van der Waals surface area (Å²) in [6, 6.07) is 12.1. The summed E-state index contributed by atoms with van der Waals surface area (Å²) in [4.78, 5) is 26.8. The summed E-state index contributed by atoms with van der Waals surface area (Å²) in [5.41, 5.74) is -0.203. The van der Waals surface area contributed by atoms with Crippen molar-refractivity contribution in [2.75, 3.05) is 19.7 Å². The Bertz CT molecular complexity index is 952. The number of carbonyl (C=O) groups excluding carboxylic acids is 2. The van der Waals surface area contributed by atoms with E-state index >= 15 is 0 Å². The maximum absolute atomic E-state index is 14.6. The number of rotatable bonds is 4. The highest BCUT2D eigenvalue weighted by molar-refractivity contribution is 5.80. The van der Waals surface area contributed by atoms with E-state index in [4.69, 9.17) is 4.74 Å². The largest absolute Gasteiger partial charge is 0.484 e. The van der Waals surface area contributed by atoms with Crippen LogP contribution >= 0.6 is 0 Å². The average molecular weight is 414 g/mol. The maximum Gasteiger partial charge on any atom is 0.260 e. The summed E-state index contributed by atoms with van der Waals surface area (Å²) >= 11 is 0. The van der Waals surface area contributed by atoms with Crippen molar-refractivity contribution in [1.82, 2.24) is 10.2 Å². The minimum Gasteiger partial charge on any atom is -0.484 e. The third-order valence-corrected chi connectivity index (χ3v) is 6.00. The molecule has 2 saturated heterocycles. The SMILES string of the molecule is O=C1CCCC[C@]2(CN(C(=O)COc3cccc(F)c3)C[C@H]2c2ccccc2F)N1. The lowest BCUT2D eigenvalue weighted by molar-refractivity contribution is -0.133. The summed E-state index contributed by atoms with van der Waals surface area (Å²) < 4.78 is 33.4. The molecular weight excluding hydrogens is 390 g/mol. The van der Waals surface area contributed by atoms with Crippen LogP contribution in [0.15, 0.2) is 48.5 Å². The minimum atomic E-state index is -0.704. The van der Waals surface area contributed by atoms with Gasteiger partial charge < -0.3 is 15.0 Å². The first kappa shape index (κ1) is 20.3. The van der Waals surface area contributed by atoms with E-state index in [1.54, 1.807) is 29.2 Å². The molecule has 0 unspecified atom stereocenters. The zero-order chi connectivity index (χ0) is 21.1. The summed E-state index contributed by atoms with van der Waals surface area (Å²) in [6.45, 7) is 0.327. The predicted octanol–water partition coefficient (Wildman–Crippen LogP) is 3.40. The second-order valence-corrected chi connectivity index (χ2v) is 8.01. The molecular formula is C23H24F2N2O3. The fraction of sp³-hybridized carbons (Fsp3) is 0.391. The zero-order valence-corrected chi connectivity index (χ0v) is 16.6. The second kappa shape index (κ2) is 8.42. The van der Waals surface area contributed by atoms with Gasteiger partial charge in [-0.2, -0.15) is 0 Å². The highest BCUT2D eigenvalue weighted by Crippen LogP contribution is 2.41. The van der Waals surface area contributed by atoms with Crippen molar-refractivity contribution >= 4 is 11.8 Å². The molecule has 7 heteroatoms. The van der Waals surface area contributed by atoms with E-state index in [1.807, 2.05) is 0 Å². The molecule has 0 aromatic heterocycles. The Morgan fingerprint density at radius 2 is 2.00 bits per heavy atom. The van der Waals surface area contributed by atoms with Crippen LogP contribution in [0, 0.1) is 11.6 Å². The monoisotopic (exact) mass is 414 g/mol. The smallest absolute Gasteiger partial charge is 0.260 e. The number of nitrogens with one attached hydrogen (secondary N) is 1. The molecule has 4 rings (SSSR count). The summed E-state index contributed by atoms with van der Waals surface area (Å²) in [5.74, 6) is -1.22. The Morgan fingerprint density at radius 1 is 1.17 bits per heavy atom. The van der Waals surface area contributed by atoms with Crippen LogP contribution in [0.25, 0.3) is 0 Å². The third-order valence-electron chi connectivity index (χ3n) is 6.00. The Morgan fingerprint density at radius 3 is 2.80 bits per heavy atom. The van der Waals surface area contributed by atoms with Gasteiger partial charge in [-0.1, -0.05) is 30.7 Å². The van der Waals surface area contributed by atoms with Crippen molar-refractivity contribution in [3.8, 4) is 5.75 Å². The Labute approximate surface area is 174 Å². The Balaban J connectivity index is 1.56. The lowest BCUT2D eigenvalue weighted by Crippen LogP contribution is -2.53. The third kappa shape index (κ3) is 4.15. The zero-order valence-electron chi connectivity index (χ0n) is 16.6. The van der Waals surface area contributed by atoms with Crippen molar-refractivity contribution in [3.05, 3.63) is 65.7 Å². The number of hydrogen-bond donors (Lipinski definition) is 1. The Kier molecular flexibility index (Phi) is 5.70. The number of hydrogen-bond acceptors (Lipinski definition) is 3. The first-order chi connectivity index (χ1) is 14.5. The van der Waals surface area contributed by atoms with Gasteiger partial charge in [0.1, 0.15) is 17.4 Å². The highest BCUT2D eigenvalue weighted by Gasteiger charge is 2.50. The van der Waals surface area contributed by atoms with Gasteiger partial charge in [-0.25, -0.2) is 8.78 Å². The van der Waals surface area contributed by atoms with Gasteiger partial charge in [0.2, 0.25) is 5.91 Å². The lowest BCUT2D eigenvalue weighted by atomic mass is 9.78. The molecule has 2 amide bonds. The van der Waals surface area contributed by atoms with Crippen molar-refractivity contribution in [3.63, 3.8) is 0 Å². The number of halogens is 2. The van der Waals surface area contributed by atoms with Gasteiger partial charge >= 0.3 is 0 Å². The van der Waals surface area contributed by atoms with Gasteiger partial charge in [-0.05, 0) is 36.6 Å². The molecule has 158 valence electrons. The van der Waals surface area contributed by atoms with Crippen molar-refractivity contribution in [2.45, 2.75) is 37.1 Å². The van der Waals surface area contributed by atoms with Crippen molar-refractivity contribution in [1.29, 1.82) is 0 Å². The number of likely N-dealkylation sites (tertiary alicyclic amines) is 1. The van der Waals surface area contributed by atoms with Gasteiger partial charge in [0.05, 0.1) is 5.54 Å². The molecule has 2 aromatic carbocycles. The van der Waals surface area contributed by atoms with Gasteiger partial charge in [0, 0.05) is 31.5 Å². The molecule has 2 aliphatic heterocycles. The summed E-state index contributed by atoms with van der Waals surface area (Å²) in [6.07, 6.45) is 2.70. The second-order valence-electron chi connectivity index (χ2n) is 8.01. The molecule has 2 fully saturated rings. The van der Waals surface area contributed by atoms with Crippen molar-refractivity contribution < 1.29 is 23.1 Å². The van der Waals surface area contributed by atoms with E-state index in [-0.39, 0.29) is 42.5 Å². The van der Waals surface area contributed by atoms with Gasteiger partial charge in [-0.15, -0.1) is 0 Å². The lowest BCUT2D eigenvalue weighted by Gasteiger charge is -2.34.